The molecule has 3 rings (SSSR count). The highest BCUT2D eigenvalue weighted by Gasteiger charge is 2.41. The van der Waals surface area contributed by atoms with Gasteiger partial charge in [-0.1, -0.05) is 48.5 Å². The van der Waals surface area contributed by atoms with Gasteiger partial charge in [0.05, 0.1) is 11.5 Å². The van der Waals surface area contributed by atoms with Crippen LogP contribution >= 0.6 is 0 Å². The van der Waals surface area contributed by atoms with Gasteiger partial charge in [-0.2, -0.15) is 13.2 Å². The molecule has 8 heteroatoms. The van der Waals surface area contributed by atoms with Crippen molar-refractivity contribution in [2.45, 2.75) is 38.5 Å². The molecule has 0 aromatic heterocycles. The second kappa shape index (κ2) is 9.41. The highest BCUT2D eigenvalue weighted by Crippen LogP contribution is 2.36. The molecule has 166 valence electrons. The number of nitrogens with zero attached hydrogens (tertiary/aromatic N) is 1. The van der Waals surface area contributed by atoms with Crippen LogP contribution in [0.15, 0.2) is 54.6 Å². The third-order valence-electron chi connectivity index (χ3n) is 5.31. The molecule has 1 heterocycles. The first kappa shape index (κ1) is 22.7. The molecule has 0 saturated carbocycles. The fraction of sp³-hybridized carbons (Fsp3) is 0.391. The van der Waals surface area contributed by atoms with Crippen LogP contribution in [0.25, 0.3) is 0 Å². The number of alkyl halides is 3. The van der Waals surface area contributed by atoms with E-state index in [4.69, 9.17) is 0 Å². The average molecular weight is 433 g/mol. The van der Waals surface area contributed by atoms with E-state index in [0.717, 1.165) is 17.7 Å². The molecule has 2 aromatic carbocycles. The molecule has 2 atom stereocenters. The molecular formula is C23H26F3N3O2. The number of halogens is 3. The third-order valence-corrected chi connectivity index (χ3v) is 5.31. The van der Waals surface area contributed by atoms with E-state index in [9.17, 15) is 22.8 Å². The molecule has 0 radical (unpaired) electrons. The third kappa shape index (κ3) is 5.77. The number of amides is 3. The summed E-state index contributed by atoms with van der Waals surface area (Å²) in [6.45, 7) is 4.26. The quantitative estimate of drug-likeness (QED) is 0.744. The molecule has 0 bridgehead atoms. The van der Waals surface area contributed by atoms with Gasteiger partial charge in [0.15, 0.2) is 0 Å². The standard InChI is InChI=1S/C23H26F3N3O2/c1-15(2)28-22(31)29-13-19(17-9-6-10-18(11-17)23(24,25)26)20(14-29)21(30)27-12-16-7-4-3-5-8-16/h3-11,15,19-20H,12-14H2,1-2H3,(H,27,30)(H,28,31)/t19-,20+/m1/s1. The first-order valence-corrected chi connectivity index (χ1v) is 10.2. The maximum atomic E-state index is 13.2. The molecule has 0 spiro atoms. The van der Waals surface area contributed by atoms with Crippen LogP contribution in [0.5, 0.6) is 0 Å². The summed E-state index contributed by atoms with van der Waals surface area (Å²) in [6, 6.07) is 13.9. The lowest BCUT2D eigenvalue weighted by molar-refractivity contribution is -0.137. The smallest absolute Gasteiger partial charge is 0.352 e. The van der Waals surface area contributed by atoms with Gasteiger partial charge in [0.2, 0.25) is 5.91 Å². The molecule has 1 fully saturated rings. The Kier molecular flexibility index (Phi) is 6.87. The van der Waals surface area contributed by atoms with E-state index < -0.39 is 23.6 Å². The van der Waals surface area contributed by atoms with Crippen molar-refractivity contribution in [1.82, 2.24) is 15.5 Å². The maximum Gasteiger partial charge on any atom is 0.416 e. The van der Waals surface area contributed by atoms with Gasteiger partial charge in [0.25, 0.3) is 0 Å². The van der Waals surface area contributed by atoms with Gasteiger partial charge >= 0.3 is 12.2 Å². The van der Waals surface area contributed by atoms with E-state index in [1.54, 1.807) is 6.07 Å². The molecule has 5 nitrogen and oxygen atoms in total. The van der Waals surface area contributed by atoms with Crippen molar-refractivity contribution in [3.05, 3.63) is 71.3 Å². The zero-order valence-electron chi connectivity index (χ0n) is 17.4. The van der Waals surface area contributed by atoms with Crippen LogP contribution in [-0.4, -0.2) is 36.0 Å². The predicted octanol–water partition coefficient (Wildman–Crippen LogP) is 4.16. The molecule has 1 aliphatic rings. The van der Waals surface area contributed by atoms with Gasteiger partial charge in [-0.25, -0.2) is 4.79 Å². The summed E-state index contributed by atoms with van der Waals surface area (Å²) in [5.41, 5.74) is 0.548. The second-order valence-corrected chi connectivity index (χ2v) is 8.05. The Morgan fingerprint density at radius 1 is 1.06 bits per heavy atom. The minimum Gasteiger partial charge on any atom is -0.352 e. The van der Waals surface area contributed by atoms with Crippen molar-refractivity contribution in [3.8, 4) is 0 Å². The number of likely N-dealkylation sites (tertiary alicyclic amines) is 1. The Morgan fingerprint density at radius 3 is 2.42 bits per heavy atom. The highest BCUT2D eigenvalue weighted by atomic mass is 19.4. The second-order valence-electron chi connectivity index (χ2n) is 8.05. The predicted molar refractivity (Wildman–Crippen MR) is 111 cm³/mol. The number of urea groups is 1. The van der Waals surface area contributed by atoms with E-state index in [1.165, 1.54) is 11.0 Å². The zero-order valence-corrected chi connectivity index (χ0v) is 17.4. The highest BCUT2D eigenvalue weighted by molar-refractivity contribution is 5.83. The van der Waals surface area contributed by atoms with Gasteiger partial charge in [0, 0.05) is 31.6 Å². The summed E-state index contributed by atoms with van der Waals surface area (Å²) in [7, 11) is 0. The number of hydrogen-bond acceptors (Lipinski definition) is 2. The molecule has 3 amide bonds. The molecule has 1 saturated heterocycles. The fourth-order valence-electron chi connectivity index (χ4n) is 3.77. The first-order valence-electron chi connectivity index (χ1n) is 10.2. The number of hydrogen-bond donors (Lipinski definition) is 2. The van der Waals surface area contributed by atoms with E-state index in [-0.39, 0.29) is 31.1 Å². The Bertz CT molecular complexity index is 916. The number of carbonyl (C=O) groups is 2. The Hall–Kier alpha value is -3.03. The Labute approximate surface area is 179 Å². The van der Waals surface area contributed by atoms with E-state index in [1.807, 2.05) is 44.2 Å². The van der Waals surface area contributed by atoms with Crippen molar-refractivity contribution in [2.75, 3.05) is 13.1 Å². The topological polar surface area (TPSA) is 61.4 Å². The molecule has 2 aromatic rings. The average Bonchev–Trinajstić information content (AvgIpc) is 3.18. The molecule has 0 unspecified atom stereocenters. The van der Waals surface area contributed by atoms with Crippen molar-refractivity contribution in [2.24, 2.45) is 5.92 Å². The summed E-state index contributed by atoms with van der Waals surface area (Å²) in [5, 5.41) is 5.65. The summed E-state index contributed by atoms with van der Waals surface area (Å²) in [6.07, 6.45) is -4.48. The van der Waals surface area contributed by atoms with Crippen LogP contribution in [-0.2, 0) is 17.5 Å². The minimum atomic E-state index is -4.48. The van der Waals surface area contributed by atoms with Crippen LogP contribution in [0.2, 0.25) is 0 Å². The van der Waals surface area contributed by atoms with Crippen molar-refractivity contribution in [1.29, 1.82) is 0 Å². The van der Waals surface area contributed by atoms with Crippen LogP contribution < -0.4 is 10.6 Å². The van der Waals surface area contributed by atoms with E-state index in [2.05, 4.69) is 10.6 Å². The lowest BCUT2D eigenvalue weighted by atomic mass is 9.87. The number of nitrogens with one attached hydrogen (secondary N) is 2. The Balaban J connectivity index is 1.82. The number of rotatable bonds is 5. The van der Waals surface area contributed by atoms with Gasteiger partial charge in [-0.3, -0.25) is 4.79 Å². The van der Waals surface area contributed by atoms with Crippen molar-refractivity contribution < 1.29 is 22.8 Å². The summed E-state index contributed by atoms with van der Waals surface area (Å²) in [5.74, 6) is -1.47. The van der Waals surface area contributed by atoms with Gasteiger partial charge in [-0.15, -0.1) is 0 Å². The Morgan fingerprint density at radius 2 is 1.77 bits per heavy atom. The lowest BCUT2D eigenvalue weighted by Gasteiger charge is -2.19. The number of benzene rings is 2. The normalized spacial score (nSPS) is 18.8. The van der Waals surface area contributed by atoms with Gasteiger partial charge in [0.1, 0.15) is 0 Å². The molecule has 2 N–H and O–H groups in total. The van der Waals surface area contributed by atoms with Crippen LogP contribution in [0.1, 0.15) is 36.5 Å². The molecule has 1 aliphatic heterocycles. The van der Waals surface area contributed by atoms with E-state index >= 15 is 0 Å². The van der Waals surface area contributed by atoms with Crippen LogP contribution in [0, 0.1) is 5.92 Å². The first-order chi connectivity index (χ1) is 14.6. The van der Waals surface area contributed by atoms with Gasteiger partial charge in [-0.05, 0) is 31.0 Å². The summed E-state index contributed by atoms with van der Waals surface area (Å²) < 4.78 is 39.6. The van der Waals surface area contributed by atoms with E-state index in [0.29, 0.717) is 12.1 Å². The summed E-state index contributed by atoms with van der Waals surface area (Å²) in [4.78, 5) is 27.0. The zero-order chi connectivity index (χ0) is 22.6. The lowest BCUT2D eigenvalue weighted by Crippen LogP contribution is -2.42. The summed E-state index contributed by atoms with van der Waals surface area (Å²) >= 11 is 0. The van der Waals surface area contributed by atoms with Crippen molar-refractivity contribution >= 4 is 11.9 Å². The molecule has 31 heavy (non-hydrogen) atoms. The molecular weight excluding hydrogens is 407 g/mol. The maximum absolute atomic E-state index is 13.2. The molecule has 0 aliphatic carbocycles. The monoisotopic (exact) mass is 433 g/mol. The van der Waals surface area contributed by atoms with Gasteiger partial charge < -0.3 is 15.5 Å². The largest absolute Gasteiger partial charge is 0.416 e. The number of carbonyl (C=O) groups excluding carboxylic acids is 2. The fourth-order valence-corrected chi connectivity index (χ4v) is 3.77. The SMILES string of the molecule is CC(C)NC(=O)N1C[C@H](C(=O)NCc2ccccc2)[C@@H](c2cccc(C(F)(F)F)c2)C1. The van der Waals surface area contributed by atoms with Crippen LogP contribution in [0.3, 0.4) is 0 Å². The van der Waals surface area contributed by atoms with Crippen LogP contribution in [0.4, 0.5) is 18.0 Å². The minimum absolute atomic E-state index is 0.0922. The van der Waals surface area contributed by atoms with Crippen molar-refractivity contribution in [3.63, 3.8) is 0 Å².